The van der Waals surface area contributed by atoms with Gasteiger partial charge < -0.3 is 40.6 Å². The summed E-state index contributed by atoms with van der Waals surface area (Å²) in [6.07, 6.45) is 0. The van der Waals surface area contributed by atoms with Crippen molar-refractivity contribution in [3.05, 3.63) is 70.3 Å². The Labute approximate surface area is 166 Å². The number of carbonyl (C=O) groups is 2. The number of aliphatic carboxylic acids is 2. The number of hydrogen-bond acceptors (Lipinski definition) is 6. The first-order valence-corrected chi connectivity index (χ1v) is 7.68. The van der Waals surface area contributed by atoms with Crippen LogP contribution in [0.3, 0.4) is 0 Å². The minimum absolute atomic E-state index is 0. The maximum absolute atomic E-state index is 11.7. The molecule has 141 valence electrons. The number of para-hydroxylation sites is 2. The molecule has 2 atom stereocenters. The summed E-state index contributed by atoms with van der Waals surface area (Å²) < 4.78 is 0. The second kappa shape index (κ2) is 10.5. The molecule has 0 spiro atoms. The Morgan fingerprint density at radius 2 is 1.07 bits per heavy atom. The minimum Gasteiger partial charge on any atom is -0.872 e. The number of benzene rings is 2. The molecule has 27 heavy (non-hydrogen) atoms. The van der Waals surface area contributed by atoms with Crippen molar-refractivity contribution in [1.82, 2.24) is 0 Å². The molecule has 0 fully saturated rings. The molecule has 0 aliphatic carbocycles. The molecule has 0 heterocycles. The SMILES string of the molecule is O=C([O-])C([N-]CC[N-]C(C(=O)[O-])c1ccccc1[O-])c1ccccc1[O-].[Fe+5]. The van der Waals surface area contributed by atoms with Crippen LogP contribution in [0.25, 0.3) is 10.6 Å². The molecule has 2 rings (SSSR count). The molecule has 8 nitrogen and oxygen atoms in total. The number of carboxylic acids is 2. The Morgan fingerprint density at radius 1 is 0.741 bits per heavy atom. The van der Waals surface area contributed by atoms with E-state index in [2.05, 4.69) is 10.6 Å². The van der Waals surface area contributed by atoms with E-state index in [-0.39, 0.29) is 41.3 Å². The molecular weight excluding hydrogens is 396 g/mol. The summed E-state index contributed by atoms with van der Waals surface area (Å²) >= 11 is 0. The molecule has 0 N–H and O–H groups in total. The molecule has 2 aromatic carbocycles. The average molecular weight is 410 g/mol. The zero-order chi connectivity index (χ0) is 19.1. The normalized spacial score (nSPS) is 12.6. The number of hydrogen-bond donors (Lipinski definition) is 0. The van der Waals surface area contributed by atoms with E-state index in [0.29, 0.717) is 0 Å². The summed E-state index contributed by atoms with van der Waals surface area (Å²) in [4.78, 5) is 22.5. The molecule has 2 unspecified atom stereocenters. The van der Waals surface area contributed by atoms with Gasteiger partial charge in [-0.15, -0.1) is 11.5 Å². The van der Waals surface area contributed by atoms with Gasteiger partial charge >= 0.3 is 17.1 Å². The summed E-state index contributed by atoms with van der Waals surface area (Å²) in [6, 6.07) is 8.08. The fourth-order valence-corrected chi connectivity index (χ4v) is 2.39. The third-order valence-electron chi connectivity index (χ3n) is 3.60. The van der Waals surface area contributed by atoms with Crippen molar-refractivity contribution in [2.24, 2.45) is 0 Å². The summed E-state index contributed by atoms with van der Waals surface area (Å²) in [7, 11) is 0. The molecule has 0 aromatic heterocycles. The van der Waals surface area contributed by atoms with Gasteiger partial charge in [0, 0.05) is 11.9 Å². The fourth-order valence-electron chi connectivity index (χ4n) is 2.39. The Morgan fingerprint density at radius 3 is 1.37 bits per heavy atom. The fraction of sp³-hybridized carbons (Fsp3) is 0.222. The standard InChI is InChI=1S/C18H18N2O6.Fe/c21-13-7-3-1-5-11(13)15(17(23)24)19-9-10-20-16(18(25)26)12-6-2-4-8-14(12)22;/h1-8,15-16,21-22H,9-10H2,(H,23,24)(H,25,26);/q-2;+5/p-4. The maximum atomic E-state index is 11.7. The third-order valence-corrected chi connectivity index (χ3v) is 3.60. The van der Waals surface area contributed by atoms with Crippen LogP contribution in [0.4, 0.5) is 0 Å². The topological polar surface area (TPSA) is 155 Å². The van der Waals surface area contributed by atoms with Crippen LogP contribution in [-0.2, 0) is 26.7 Å². The second-order valence-corrected chi connectivity index (χ2v) is 5.33. The largest absolute Gasteiger partial charge is 5.00 e. The smallest absolute Gasteiger partial charge is 0.872 e. The van der Waals surface area contributed by atoms with Crippen molar-refractivity contribution in [3.63, 3.8) is 0 Å². The van der Waals surface area contributed by atoms with Crippen LogP contribution in [-0.4, -0.2) is 25.0 Å². The van der Waals surface area contributed by atoms with E-state index in [9.17, 15) is 30.0 Å². The maximum Gasteiger partial charge on any atom is 5.00 e. The molecule has 1 radical (unpaired) electrons. The molecule has 9 heteroatoms. The summed E-state index contributed by atoms with van der Waals surface area (Å²) in [5.41, 5.74) is -0.0947. The first-order chi connectivity index (χ1) is 12.4. The van der Waals surface area contributed by atoms with Gasteiger partial charge in [0.1, 0.15) is 0 Å². The van der Waals surface area contributed by atoms with Crippen LogP contribution in [0.1, 0.15) is 23.2 Å². The van der Waals surface area contributed by atoms with Gasteiger partial charge in [-0.25, -0.2) is 0 Å². The van der Waals surface area contributed by atoms with Gasteiger partial charge in [0.05, 0.1) is 0 Å². The van der Waals surface area contributed by atoms with E-state index in [1.165, 1.54) is 48.5 Å². The molecule has 0 saturated carbocycles. The summed E-state index contributed by atoms with van der Waals surface area (Å²) in [5.74, 6) is -4.07. The molecule has 0 bridgehead atoms. The van der Waals surface area contributed by atoms with E-state index in [0.717, 1.165) is 0 Å². The van der Waals surface area contributed by atoms with Crippen LogP contribution >= 0.6 is 0 Å². The Hall–Kier alpha value is -2.58. The van der Waals surface area contributed by atoms with E-state index < -0.39 is 35.5 Å². The third kappa shape index (κ3) is 5.97. The van der Waals surface area contributed by atoms with Crippen LogP contribution in [0.15, 0.2) is 48.5 Å². The van der Waals surface area contributed by atoms with Crippen molar-refractivity contribution in [2.75, 3.05) is 13.1 Å². The average Bonchev–Trinajstić information content (AvgIpc) is 2.59. The van der Waals surface area contributed by atoms with Gasteiger partial charge in [-0.1, -0.05) is 71.7 Å². The predicted molar refractivity (Wildman–Crippen MR) is 83.7 cm³/mol. The predicted octanol–water partition coefficient (Wildman–Crippen LogP) is -1.14. The molecule has 0 aliphatic rings. The monoisotopic (exact) mass is 410 g/mol. The molecule has 0 aliphatic heterocycles. The van der Waals surface area contributed by atoms with Gasteiger partial charge in [0.2, 0.25) is 0 Å². The Balaban J connectivity index is 0.00000364. The van der Waals surface area contributed by atoms with Gasteiger partial charge in [0.15, 0.2) is 0 Å². The number of carboxylic acid groups (broad SMARTS) is 2. The summed E-state index contributed by atoms with van der Waals surface area (Å²) in [5, 5.41) is 53.6. The van der Waals surface area contributed by atoms with Crippen LogP contribution in [0, 0.1) is 0 Å². The Kier molecular flexibility index (Phi) is 8.77. The number of nitrogens with zero attached hydrogens (tertiary/aromatic N) is 2. The van der Waals surface area contributed by atoms with Gasteiger partial charge in [-0.05, 0) is 0 Å². The van der Waals surface area contributed by atoms with Gasteiger partial charge in [-0.3, -0.25) is 0 Å². The van der Waals surface area contributed by atoms with Crippen molar-refractivity contribution < 1.29 is 47.1 Å². The van der Waals surface area contributed by atoms with Crippen molar-refractivity contribution in [3.8, 4) is 11.5 Å². The van der Waals surface area contributed by atoms with Crippen molar-refractivity contribution in [1.29, 1.82) is 0 Å². The van der Waals surface area contributed by atoms with E-state index in [1.54, 1.807) is 0 Å². The van der Waals surface area contributed by atoms with Gasteiger partial charge in [-0.2, -0.15) is 13.1 Å². The summed E-state index contributed by atoms with van der Waals surface area (Å²) in [6.45, 7) is -0.338. The van der Waals surface area contributed by atoms with Crippen LogP contribution in [0.2, 0.25) is 0 Å². The minimum atomic E-state index is -1.55. The first-order valence-electron chi connectivity index (χ1n) is 7.68. The zero-order valence-electron chi connectivity index (χ0n) is 13.9. The molecular formula is C18H14FeN2O6-. The van der Waals surface area contributed by atoms with Crippen LogP contribution < -0.4 is 20.4 Å². The first kappa shape index (κ1) is 22.5. The second-order valence-electron chi connectivity index (χ2n) is 5.33. The molecule has 2 aromatic rings. The zero-order valence-corrected chi connectivity index (χ0v) is 15.0. The van der Waals surface area contributed by atoms with E-state index in [1.807, 2.05) is 0 Å². The molecule has 0 saturated heterocycles. The Bertz CT molecular complexity index is 720. The number of rotatable bonds is 9. The quantitative estimate of drug-likeness (QED) is 0.376. The van der Waals surface area contributed by atoms with Crippen molar-refractivity contribution in [2.45, 2.75) is 12.1 Å². The molecule has 0 amide bonds. The van der Waals surface area contributed by atoms with Crippen LogP contribution in [0.5, 0.6) is 11.5 Å². The van der Waals surface area contributed by atoms with E-state index in [4.69, 9.17) is 0 Å². The van der Waals surface area contributed by atoms with E-state index >= 15 is 0 Å². The van der Waals surface area contributed by atoms with Crippen molar-refractivity contribution >= 4 is 11.9 Å². The van der Waals surface area contributed by atoms with Gasteiger partial charge in [0.25, 0.3) is 0 Å². The number of carbonyl (C=O) groups excluding carboxylic acids is 2.